The topological polar surface area (TPSA) is 83.5 Å². The monoisotopic (exact) mass is 558 g/mol. The summed E-state index contributed by atoms with van der Waals surface area (Å²) in [5.41, 5.74) is 3.23. The molecule has 3 aromatic carbocycles. The van der Waals surface area contributed by atoms with Crippen LogP contribution in [0.15, 0.2) is 96.0 Å². The van der Waals surface area contributed by atoms with Gasteiger partial charge in [0.25, 0.3) is 15.9 Å². The van der Waals surface area contributed by atoms with Gasteiger partial charge in [0, 0.05) is 18.3 Å². The van der Waals surface area contributed by atoms with E-state index in [1.54, 1.807) is 24.4 Å². The van der Waals surface area contributed by atoms with E-state index in [4.69, 9.17) is 0 Å². The Morgan fingerprint density at radius 2 is 1.79 bits per heavy atom. The van der Waals surface area contributed by atoms with Gasteiger partial charge in [-0.05, 0) is 79.1 Å². The molecule has 0 fully saturated rings. The van der Waals surface area contributed by atoms with Crippen molar-refractivity contribution >= 4 is 48.3 Å². The highest BCUT2D eigenvalue weighted by Gasteiger charge is 2.29. The van der Waals surface area contributed by atoms with E-state index in [1.807, 2.05) is 30.3 Å². The quantitative estimate of drug-likeness (QED) is 0.262. The molecule has 5 aromatic rings. The zero-order valence-corrected chi connectivity index (χ0v) is 22.3. The smallest absolute Gasteiger partial charge is 0.264 e. The molecule has 0 N–H and O–H groups in total. The molecule has 0 bridgehead atoms. The molecular formula is C29H23FN4O3S2. The lowest BCUT2D eigenvalue weighted by atomic mass is 10.0. The highest BCUT2D eigenvalue weighted by Crippen LogP contribution is 2.33. The molecule has 7 nitrogen and oxygen atoms in total. The standard InChI is InChI=1S/C29H23FN4O3S2/c30-22-12-15-25-27(18-22)38-29(32-25)33(19-23-8-3-4-16-31-23)28(35)21-10-13-24(14-11-21)39(36,37)34-17-5-7-20-6-1-2-9-26(20)34/h1-4,6,8-16,18H,5,7,17,19H2. The Balaban J connectivity index is 1.33. The van der Waals surface area contributed by atoms with E-state index >= 15 is 0 Å². The molecule has 1 aliphatic heterocycles. The number of fused-ring (bicyclic) bond motifs is 2. The molecule has 0 spiro atoms. The molecule has 0 aliphatic carbocycles. The van der Waals surface area contributed by atoms with Crippen LogP contribution in [0.2, 0.25) is 0 Å². The Bertz CT molecular complexity index is 1770. The molecule has 3 heterocycles. The number of hydrogen-bond acceptors (Lipinski definition) is 6. The van der Waals surface area contributed by atoms with E-state index < -0.39 is 10.0 Å². The Morgan fingerprint density at radius 1 is 1.00 bits per heavy atom. The maximum Gasteiger partial charge on any atom is 0.264 e. The lowest BCUT2D eigenvalue weighted by Gasteiger charge is -2.30. The molecule has 39 heavy (non-hydrogen) atoms. The molecule has 0 saturated carbocycles. The van der Waals surface area contributed by atoms with E-state index in [9.17, 15) is 17.6 Å². The Hall–Kier alpha value is -4.15. The maximum atomic E-state index is 13.8. The summed E-state index contributed by atoms with van der Waals surface area (Å²) in [7, 11) is -3.81. The number of amides is 1. The molecule has 196 valence electrons. The first-order valence-corrected chi connectivity index (χ1v) is 14.6. The van der Waals surface area contributed by atoms with Crippen LogP contribution in [0.5, 0.6) is 0 Å². The Labute approximate surface area is 229 Å². The first-order valence-electron chi connectivity index (χ1n) is 12.4. The van der Waals surface area contributed by atoms with Crippen LogP contribution in [0.25, 0.3) is 10.2 Å². The molecule has 0 atom stereocenters. The van der Waals surface area contributed by atoms with Crippen LogP contribution in [0, 0.1) is 5.82 Å². The largest absolute Gasteiger partial charge is 0.278 e. The lowest BCUT2D eigenvalue weighted by Crippen LogP contribution is -2.35. The van der Waals surface area contributed by atoms with Gasteiger partial charge in [0.2, 0.25) is 0 Å². The van der Waals surface area contributed by atoms with Crippen molar-refractivity contribution in [2.45, 2.75) is 24.3 Å². The average Bonchev–Trinajstić information content (AvgIpc) is 3.38. The van der Waals surface area contributed by atoms with Crippen molar-refractivity contribution in [3.8, 4) is 0 Å². The molecule has 0 saturated heterocycles. The number of sulfonamides is 1. The van der Waals surface area contributed by atoms with Crippen LogP contribution in [0.3, 0.4) is 0 Å². The fourth-order valence-electron chi connectivity index (χ4n) is 4.68. The second-order valence-electron chi connectivity index (χ2n) is 9.15. The van der Waals surface area contributed by atoms with Crippen LogP contribution in [-0.2, 0) is 23.0 Å². The van der Waals surface area contributed by atoms with Crippen molar-refractivity contribution in [1.82, 2.24) is 9.97 Å². The van der Waals surface area contributed by atoms with Gasteiger partial charge in [-0.2, -0.15) is 0 Å². The van der Waals surface area contributed by atoms with Crippen molar-refractivity contribution in [3.05, 3.63) is 114 Å². The zero-order valence-electron chi connectivity index (χ0n) is 20.7. The van der Waals surface area contributed by atoms with E-state index in [-0.39, 0.29) is 23.2 Å². The summed E-state index contributed by atoms with van der Waals surface area (Å²) in [5, 5.41) is 0.396. The summed E-state index contributed by atoms with van der Waals surface area (Å²) in [4.78, 5) is 24.3. The molecular weight excluding hydrogens is 535 g/mol. The van der Waals surface area contributed by atoms with Gasteiger partial charge in [0.05, 0.1) is 33.0 Å². The van der Waals surface area contributed by atoms with Gasteiger partial charge in [0.15, 0.2) is 5.13 Å². The zero-order chi connectivity index (χ0) is 27.0. The lowest BCUT2D eigenvalue weighted by molar-refractivity contribution is 0.0984. The van der Waals surface area contributed by atoms with Crippen LogP contribution >= 0.6 is 11.3 Å². The number of rotatable bonds is 6. The van der Waals surface area contributed by atoms with Crippen LogP contribution in [0.4, 0.5) is 15.2 Å². The predicted molar refractivity (Wildman–Crippen MR) is 150 cm³/mol. The highest BCUT2D eigenvalue weighted by atomic mass is 32.2. The van der Waals surface area contributed by atoms with Crippen molar-refractivity contribution in [2.75, 3.05) is 15.7 Å². The summed E-state index contributed by atoms with van der Waals surface area (Å²) < 4.78 is 42.9. The van der Waals surface area contributed by atoms with Gasteiger partial charge in [-0.1, -0.05) is 35.6 Å². The number of anilines is 2. The number of pyridine rings is 1. The van der Waals surface area contributed by atoms with Crippen molar-refractivity contribution in [3.63, 3.8) is 0 Å². The molecule has 10 heteroatoms. The number of benzene rings is 3. The number of carbonyl (C=O) groups is 1. The summed E-state index contributed by atoms with van der Waals surface area (Å²) in [6.45, 7) is 0.544. The summed E-state index contributed by atoms with van der Waals surface area (Å²) in [6, 6.07) is 23.2. The molecule has 6 rings (SSSR count). The fraction of sp³-hybridized carbons (Fsp3) is 0.138. The number of para-hydroxylation sites is 1. The van der Waals surface area contributed by atoms with Gasteiger partial charge in [-0.25, -0.2) is 17.8 Å². The van der Waals surface area contributed by atoms with Gasteiger partial charge >= 0.3 is 0 Å². The minimum Gasteiger partial charge on any atom is -0.278 e. The summed E-state index contributed by atoms with van der Waals surface area (Å²) >= 11 is 1.21. The normalized spacial score (nSPS) is 13.3. The van der Waals surface area contributed by atoms with Crippen LogP contribution < -0.4 is 9.21 Å². The van der Waals surface area contributed by atoms with E-state index in [0.29, 0.717) is 38.8 Å². The Morgan fingerprint density at radius 3 is 2.59 bits per heavy atom. The number of hydrogen-bond donors (Lipinski definition) is 0. The maximum absolute atomic E-state index is 13.8. The fourth-order valence-corrected chi connectivity index (χ4v) is 7.21. The first-order chi connectivity index (χ1) is 18.9. The van der Waals surface area contributed by atoms with E-state index in [2.05, 4.69) is 9.97 Å². The van der Waals surface area contributed by atoms with E-state index in [0.717, 1.165) is 18.4 Å². The minimum absolute atomic E-state index is 0.113. The number of carbonyl (C=O) groups excluding carboxylic acids is 1. The molecule has 0 unspecified atom stereocenters. The van der Waals surface area contributed by atoms with Gasteiger partial charge in [0.1, 0.15) is 5.82 Å². The molecule has 0 radical (unpaired) electrons. The third-order valence-corrected chi connectivity index (χ3v) is 9.49. The second-order valence-corrected chi connectivity index (χ2v) is 12.0. The average molecular weight is 559 g/mol. The van der Waals surface area contributed by atoms with Crippen molar-refractivity contribution in [1.29, 1.82) is 0 Å². The third-order valence-electron chi connectivity index (χ3n) is 6.62. The highest BCUT2D eigenvalue weighted by molar-refractivity contribution is 7.92. The van der Waals surface area contributed by atoms with Crippen molar-refractivity contribution < 1.29 is 17.6 Å². The first kappa shape index (κ1) is 25.1. The minimum atomic E-state index is -3.81. The second kappa shape index (κ2) is 10.2. The van der Waals surface area contributed by atoms with Crippen LogP contribution in [0.1, 0.15) is 28.0 Å². The van der Waals surface area contributed by atoms with E-state index in [1.165, 1.54) is 56.9 Å². The van der Waals surface area contributed by atoms with Gasteiger partial charge < -0.3 is 0 Å². The van der Waals surface area contributed by atoms with Crippen LogP contribution in [-0.4, -0.2) is 30.8 Å². The number of aromatic nitrogens is 2. The summed E-state index contributed by atoms with van der Waals surface area (Å²) in [5.74, 6) is -0.749. The summed E-state index contributed by atoms with van der Waals surface area (Å²) in [6.07, 6.45) is 3.21. The van der Waals surface area contributed by atoms with Crippen molar-refractivity contribution in [2.24, 2.45) is 0 Å². The third kappa shape index (κ3) is 4.88. The number of aryl methyl sites for hydroxylation is 1. The molecule has 2 aromatic heterocycles. The number of thiazole rings is 1. The molecule has 1 amide bonds. The molecule has 1 aliphatic rings. The predicted octanol–water partition coefficient (Wildman–Crippen LogP) is 5.82. The Kier molecular flexibility index (Phi) is 6.58. The van der Waals surface area contributed by atoms with Gasteiger partial charge in [-0.3, -0.25) is 19.0 Å². The number of halogens is 1. The van der Waals surface area contributed by atoms with Gasteiger partial charge in [-0.15, -0.1) is 0 Å². The SMILES string of the molecule is O=C(c1ccc(S(=O)(=O)N2CCCc3ccccc32)cc1)N(Cc1ccccn1)c1nc2ccc(F)cc2s1. The number of nitrogens with zero attached hydrogens (tertiary/aromatic N) is 4.